The van der Waals surface area contributed by atoms with Gasteiger partial charge in [-0.1, -0.05) is 41.6 Å². The van der Waals surface area contributed by atoms with Gasteiger partial charge in [0.25, 0.3) is 0 Å². The summed E-state index contributed by atoms with van der Waals surface area (Å²) in [7, 11) is -0.882. The number of Topliss-reactive ketones (excluding diaryl/α,β-unsaturated/α-hetero) is 1. The minimum Gasteiger partial charge on any atom is -0.294 e. The summed E-state index contributed by atoms with van der Waals surface area (Å²) < 4.78 is 0. The van der Waals surface area contributed by atoms with E-state index < -0.39 is 9.21 Å². The first-order valence-electron chi connectivity index (χ1n) is 6.01. The minimum absolute atomic E-state index is 0.270. The summed E-state index contributed by atoms with van der Waals surface area (Å²) in [6.07, 6.45) is 1.79. The Labute approximate surface area is 104 Å². The van der Waals surface area contributed by atoms with Gasteiger partial charge in [0.2, 0.25) is 0 Å². The average molecular weight is 248 g/mol. The Balaban J connectivity index is 2.01. The van der Waals surface area contributed by atoms with Crippen LogP contribution >= 0.6 is 9.21 Å². The van der Waals surface area contributed by atoms with Crippen LogP contribution in [0, 0.1) is 12.8 Å². The van der Waals surface area contributed by atoms with Crippen molar-refractivity contribution in [3.8, 4) is 0 Å². The normalized spacial score (nSPS) is 22.5. The van der Waals surface area contributed by atoms with Gasteiger partial charge in [0, 0.05) is 12.0 Å². The monoisotopic (exact) mass is 248 g/mol. The van der Waals surface area contributed by atoms with Gasteiger partial charge in [-0.25, -0.2) is 9.21 Å². The molecule has 0 aromatic heterocycles. The second-order valence-electron chi connectivity index (χ2n) is 5.24. The fraction of sp³-hybridized carbons (Fsp3) is 0.400. The van der Waals surface area contributed by atoms with Gasteiger partial charge in [0.15, 0.2) is 5.78 Å². The van der Waals surface area contributed by atoms with E-state index in [1.54, 1.807) is 0 Å². The molecule has 0 radical (unpaired) electrons. The number of carbonyl (C=O) groups excluding carboxylic acids is 1. The van der Waals surface area contributed by atoms with Crippen molar-refractivity contribution >= 4 is 26.7 Å². The lowest BCUT2D eigenvalue weighted by Gasteiger charge is -2.08. The molecule has 1 aromatic carbocycles. The number of rotatable bonds is 3. The number of ketones is 1. The maximum absolute atomic E-state index is 12.1. The van der Waals surface area contributed by atoms with Gasteiger partial charge < -0.3 is 0 Å². The Morgan fingerprint density at radius 3 is 2.53 bits per heavy atom. The predicted octanol–water partition coefficient (Wildman–Crippen LogP) is 3.26. The third kappa shape index (κ3) is 3.22. The number of aryl methyl sites for hydroxylation is 1. The Morgan fingerprint density at radius 2 is 2.00 bits per heavy atom. The highest BCUT2D eigenvalue weighted by atomic mass is 32.2. The molecule has 1 aromatic rings. The van der Waals surface area contributed by atoms with Crippen LogP contribution in [0.3, 0.4) is 0 Å². The molecule has 1 unspecified atom stereocenters. The molecule has 0 N–H and O–H groups in total. The molecule has 92 valence electrons. The molecule has 2 heteroatoms. The van der Waals surface area contributed by atoms with Gasteiger partial charge in [-0.3, -0.25) is 4.79 Å². The average Bonchev–Trinajstić information content (AvgIpc) is 2.59. The van der Waals surface area contributed by atoms with Crippen molar-refractivity contribution in [2.45, 2.75) is 19.8 Å². The second-order valence-corrected chi connectivity index (χ2v) is 8.43. The predicted molar refractivity (Wildman–Crippen MR) is 79.8 cm³/mol. The number of benzene rings is 1. The van der Waals surface area contributed by atoms with Crippen molar-refractivity contribution in [1.82, 2.24) is 0 Å². The first-order chi connectivity index (χ1) is 7.96. The van der Waals surface area contributed by atoms with E-state index in [4.69, 9.17) is 0 Å². The molecule has 1 aliphatic heterocycles. The lowest BCUT2D eigenvalue weighted by Crippen LogP contribution is -2.08. The molecular weight excluding hydrogens is 228 g/mol. The summed E-state index contributed by atoms with van der Waals surface area (Å²) in [6.45, 7) is 2.04. The molecule has 2 rings (SSSR count). The van der Waals surface area contributed by atoms with Crippen LogP contribution in [0.5, 0.6) is 0 Å². The standard InChI is InChI=1S/C15H20OS/c1-12-4-6-14(7-5-12)15(16)10-13-8-9-17(2,3)11-13/h4-7,13H,2-3,8-11H2,1H3. The van der Waals surface area contributed by atoms with Gasteiger partial charge in [0.1, 0.15) is 0 Å². The summed E-state index contributed by atoms with van der Waals surface area (Å²) in [5, 5.41) is 0. The second kappa shape index (κ2) is 4.69. The van der Waals surface area contributed by atoms with Crippen LogP contribution in [0.1, 0.15) is 28.8 Å². The van der Waals surface area contributed by atoms with Crippen molar-refractivity contribution in [2.75, 3.05) is 11.5 Å². The summed E-state index contributed by atoms with van der Waals surface area (Å²) in [6, 6.07) is 7.86. The van der Waals surface area contributed by atoms with Gasteiger partial charge in [0.05, 0.1) is 0 Å². The van der Waals surface area contributed by atoms with E-state index in [1.807, 2.05) is 31.2 Å². The Hall–Kier alpha value is -1.02. The van der Waals surface area contributed by atoms with E-state index in [0.29, 0.717) is 12.3 Å². The zero-order chi connectivity index (χ0) is 12.5. The van der Waals surface area contributed by atoms with Crippen molar-refractivity contribution in [1.29, 1.82) is 0 Å². The van der Waals surface area contributed by atoms with Crippen LogP contribution in [0.4, 0.5) is 0 Å². The van der Waals surface area contributed by atoms with Gasteiger partial charge in [-0.15, -0.1) is 0 Å². The molecule has 1 fully saturated rings. The smallest absolute Gasteiger partial charge is 0.163 e. The zero-order valence-electron chi connectivity index (χ0n) is 10.4. The van der Waals surface area contributed by atoms with Crippen LogP contribution in [-0.4, -0.2) is 29.0 Å². The molecule has 0 spiro atoms. The van der Waals surface area contributed by atoms with Crippen LogP contribution in [0.15, 0.2) is 24.3 Å². The molecule has 1 nitrogen and oxygen atoms in total. The largest absolute Gasteiger partial charge is 0.294 e. The quantitative estimate of drug-likeness (QED) is 0.593. The Kier molecular flexibility index (Phi) is 3.43. The van der Waals surface area contributed by atoms with Crippen LogP contribution in [0.25, 0.3) is 0 Å². The fourth-order valence-electron chi connectivity index (χ4n) is 2.36. The van der Waals surface area contributed by atoms with E-state index in [0.717, 1.165) is 23.5 Å². The molecule has 1 atom stereocenters. The SMILES string of the molecule is C=S1(=C)CCC(CC(=O)c2ccc(C)cc2)C1. The lowest BCUT2D eigenvalue weighted by atomic mass is 9.97. The van der Waals surface area contributed by atoms with Crippen molar-refractivity contribution in [3.05, 3.63) is 35.4 Å². The van der Waals surface area contributed by atoms with Crippen LogP contribution in [-0.2, 0) is 0 Å². The molecule has 1 aliphatic rings. The van der Waals surface area contributed by atoms with E-state index in [9.17, 15) is 4.79 Å². The molecular formula is C15H20OS. The maximum atomic E-state index is 12.1. The summed E-state index contributed by atoms with van der Waals surface area (Å²) in [5.74, 6) is 11.3. The highest BCUT2D eigenvalue weighted by molar-refractivity contribution is 8.27. The van der Waals surface area contributed by atoms with E-state index in [2.05, 4.69) is 11.7 Å². The van der Waals surface area contributed by atoms with E-state index >= 15 is 0 Å². The van der Waals surface area contributed by atoms with E-state index in [-0.39, 0.29) is 5.78 Å². The highest BCUT2D eigenvalue weighted by Gasteiger charge is 2.22. The number of carbonyl (C=O) groups is 1. The topological polar surface area (TPSA) is 17.1 Å². The summed E-state index contributed by atoms with van der Waals surface area (Å²) in [4.78, 5) is 12.1. The first-order valence-corrected chi connectivity index (χ1v) is 8.32. The molecule has 1 saturated heterocycles. The van der Waals surface area contributed by atoms with E-state index in [1.165, 1.54) is 5.56 Å². The van der Waals surface area contributed by atoms with Crippen molar-refractivity contribution in [3.63, 3.8) is 0 Å². The molecule has 0 bridgehead atoms. The molecule has 1 heterocycles. The highest BCUT2D eigenvalue weighted by Crippen LogP contribution is 2.36. The van der Waals surface area contributed by atoms with Crippen LogP contribution < -0.4 is 0 Å². The molecule has 0 amide bonds. The molecule has 17 heavy (non-hydrogen) atoms. The fourth-order valence-corrected chi connectivity index (χ4v) is 4.65. The number of hydrogen-bond acceptors (Lipinski definition) is 1. The van der Waals surface area contributed by atoms with Crippen molar-refractivity contribution in [2.24, 2.45) is 5.92 Å². The third-order valence-corrected chi connectivity index (χ3v) is 5.68. The molecule has 0 aliphatic carbocycles. The van der Waals surface area contributed by atoms with Gasteiger partial charge in [-0.2, -0.15) is 0 Å². The first kappa shape index (κ1) is 12.4. The van der Waals surface area contributed by atoms with Gasteiger partial charge >= 0.3 is 0 Å². The minimum atomic E-state index is -0.882. The Bertz CT molecular complexity index is 508. The zero-order valence-corrected chi connectivity index (χ0v) is 11.3. The summed E-state index contributed by atoms with van der Waals surface area (Å²) >= 11 is 0. The van der Waals surface area contributed by atoms with Gasteiger partial charge in [-0.05, 0) is 30.8 Å². The summed E-state index contributed by atoms with van der Waals surface area (Å²) in [5.41, 5.74) is 2.04. The molecule has 0 saturated carbocycles. The maximum Gasteiger partial charge on any atom is 0.163 e. The lowest BCUT2D eigenvalue weighted by molar-refractivity contribution is 0.0966. The number of hydrogen-bond donors (Lipinski definition) is 0. The Morgan fingerprint density at radius 1 is 1.35 bits per heavy atom. The van der Waals surface area contributed by atoms with Crippen LogP contribution in [0.2, 0.25) is 0 Å². The third-order valence-electron chi connectivity index (χ3n) is 3.40. The van der Waals surface area contributed by atoms with Crippen molar-refractivity contribution < 1.29 is 4.79 Å².